The summed E-state index contributed by atoms with van der Waals surface area (Å²) in [6.45, 7) is 1.70. The molecule has 0 bridgehead atoms. The van der Waals surface area contributed by atoms with Crippen molar-refractivity contribution in [2.24, 2.45) is 5.18 Å². The Morgan fingerprint density at radius 2 is 1.89 bits per heavy atom. The summed E-state index contributed by atoms with van der Waals surface area (Å²) >= 11 is 5.66. The maximum absolute atomic E-state index is 13.5. The Kier molecular flexibility index (Phi) is 4.12. The largest absolute Gasteiger partial charge is 0.454 e. The van der Waals surface area contributed by atoms with Crippen LogP contribution in [0.5, 0.6) is 11.5 Å². The summed E-state index contributed by atoms with van der Waals surface area (Å²) in [4.78, 5) is 10.4. The monoisotopic (exact) mass is 279 g/mol. The fourth-order valence-electron chi connectivity index (χ4n) is 1.56. The third-order valence-corrected chi connectivity index (χ3v) is 2.88. The van der Waals surface area contributed by atoms with Crippen LogP contribution in [-0.4, -0.2) is 0 Å². The van der Waals surface area contributed by atoms with Crippen LogP contribution in [0.4, 0.5) is 4.39 Å². The molecule has 0 amide bonds. The molecule has 0 aliphatic heterocycles. The molecule has 1 unspecified atom stereocenters. The van der Waals surface area contributed by atoms with E-state index in [1.165, 1.54) is 12.1 Å². The van der Waals surface area contributed by atoms with E-state index in [9.17, 15) is 9.30 Å². The van der Waals surface area contributed by atoms with Crippen LogP contribution in [0.15, 0.2) is 47.6 Å². The lowest BCUT2D eigenvalue weighted by Crippen LogP contribution is -1.91. The first-order valence-corrected chi connectivity index (χ1v) is 6.03. The van der Waals surface area contributed by atoms with Gasteiger partial charge >= 0.3 is 0 Å². The Labute approximate surface area is 114 Å². The molecule has 3 nitrogen and oxygen atoms in total. The number of nitroso groups, excluding NO2 is 1. The van der Waals surface area contributed by atoms with Gasteiger partial charge in [-0.3, -0.25) is 0 Å². The van der Waals surface area contributed by atoms with Crippen LogP contribution in [-0.2, 0) is 0 Å². The number of benzene rings is 2. The molecule has 0 aliphatic rings. The van der Waals surface area contributed by atoms with Crippen LogP contribution in [0.1, 0.15) is 18.5 Å². The molecule has 0 aliphatic carbocycles. The summed E-state index contributed by atoms with van der Waals surface area (Å²) in [7, 11) is 0. The van der Waals surface area contributed by atoms with Crippen molar-refractivity contribution in [3.63, 3.8) is 0 Å². The van der Waals surface area contributed by atoms with E-state index in [1.807, 2.05) is 0 Å². The molecule has 0 saturated heterocycles. The molecule has 0 N–H and O–H groups in total. The van der Waals surface area contributed by atoms with Gasteiger partial charge in [0.1, 0.15) is 11.8 Å². The Hall–Kier alpha value is -1.94. The number of halogens is 2. The average molecular weight is 280 g/mol. The standard InChI is InChI=1S/C14H11ClFNO2/c1-9(17-18)10-2-5-12(6-3-10)19-14-7-4-11(15)8-13(14)16/h2-9H,1H3. The van der Waals surface area contributed by atoms with E-state index in [2.05, 4.69) is 5.18 Å². The second-order valence-electron chi connectivity index (χ2n) is 4.03. The van der Waals surface area contributed by atoms with Gasteiger partial charge in [0.05, 0.1) is 0 Å². The predicted octanol–water partition coefficient (Wildman–Crippen LogP) is 5.10. The summed E-state index contributed by atoms with van der Waals surface area (Å²) in [6.07, 6.45) is 0. The van der Waals surface area contributed by atoms with Crippen LogP contribution in [0.2, 0.25) is 5.02 Å². The van der Waals surface area contributed by atoms with E-state index < -0.39 is 11.9 Å². The minimum Gasteiger partial charge on any atom is -0.454 e. The van der Waals surface area contributed by atoms with Crippen LogP contribution in [0.25, 0.3) is 0 Å². The molecule has 0 saturated carbocycles. The lowest BCUT2D eigenvalue weighted by Gasteiger charge is -2.08. The SMILES string of the molecule is CC(N=O)c1ccc(Oc2ccc(Cl)cc2F)cc1. The van der Waals surface area contributed by atoms with Crippen LogP contribution in [0, 0.1) is 10.7 Å². The van der Waals surface area contributed by atoms with Gasteiger partial charge in [0.15, 0.2) is 11.6 Å². The molecule has 0 aromatic heterocycles. The van der Waals surface area contributed by atoms with E-state index in [0.717, 1.165) is 5.56 Å². The van der Waals surface area contributed by atoms with Crippen molar-refractivity contribution in [1.82, 2.24) is 0 Å². The topological polar surface area (TPSA) is 38.7 Å². The number of hydrogen-bond acceptors (Lipinski definition) is 3. The molecule has 0 spiro atoms. The molecule has 98 valence electrons. The van der Waals surface area contributed by atoms with Crippen LogP contribution >= 0.6 is 11.6 Å². The molecule has 0 fully saturated rings. The second-order valence-corrected chi connectivity index (χ2v) is 4.46. The molecule has 0 radical (unpaired) electrons. The van der Waals surface area contributed by atoms with Crippen molar-refractivity contribution in [3.8, 4) is 11.5 Å². The maximum atomic E-state index is 13.5. The first kappa shape index (κ1) is 13.5. The number of ether oxygens (including phenoxy) is 1. The number of nitrogens with zero attached hydrogens (tertiary/aromatic N) is 1. The molecule has 19 heavy (non-hydrogen) atoms. The van der Waals surface area contributed by atoms with Crippen molar-refractivity contribution >= 4 is 11.6 Å². The summed E-state index contributed by atoms with van der Waals surface area (Å²) < 4.78 is 18.9. The van der Waals surface area contributed by atoms with Gasteiger partial charge in [-0.25, -0.2) is 4.39 Å². The molecule has 2 aromatic carbocycles. The molecular formula is C14H11ClFNO2. The first-order chi connectivity index (χ1) is 9.10. The summed E-state index contributed by atoms with van der Waals surface area (Å²) in [5.74, 6) is 0.0429. The zero-order chi connectivity index (χ0) is 13.8. The van der Waals surface area contributed by atoms with E-state index >= 15 is 0 Å². The Morgan fingerprint density at radius 3 is 2.47 bits per heavy atom. The van der Waals surface area contributed by atoms with Gasteiger partial charge < -0.3 is 4.74 Å². The van der Waals surface area contributed by atoms with Gasteiger partial charge in [-0.1, -0.05) is 28.9 Å². The number of rotatable bonds is 4. The fraction of sp³-hybridized carbons (Fsp3) is 0.143. The van der Waals surface area contributed by atoms with Crippen molar-refractivity contribution in [2.75, 3.05) is 0 Å². The lowest BCUT2D eigenvalue weighted by molar-refractivity contribution is 0.442. The Bertz CT molecular complexity index is 586. The normalized spacial score (nSPS) is 11.9. The van der Waals surface area contributed by atoms with Crippen molar-refractivity contribution < 1.29 is 9.13 Å². The van der Waals surface area contributed by atoms with Gasteiger partial charge in [0.2, 0.25) is 0 Å². The molecular weight excluding hydrogens is 269 g/mol. The van der Waals surface area contributed by atoms with Gasteiger partial charge in [-0.15, -0.1) is 0 Å². The Balaban J connectivity index is 2.17. The highest BCUT2D eigenvalue weighted by Gasteiger charge is 2.07. The van der Waals surface area contributed by atoms with Crippen molar-refractivity contribution in [3.05, 3.63) is 63.8 Å². The maximum Gasteiger partial charge on any atom is 0.167 e. The van der Waals surface area contributed by atoms with E-state index in [-0.39, 0.29) is 5.75 Å². The highest BCUT2D eigenvalue weighted by Crippen LogP contribution is 2.27. The minimum absolute atomic E-state index is 0.0960. The molecule has 2 rings (SSSR count). The first-order valence-electron chi connectivity index (χ1n) is 5.65. The zero-order valence-corrected chi connectivity index (χ0v) is 10.9. The van der Waals surface area contributed by atoms with Crippen molar-refractivity contribution in [1.29, 1.82) is 0 Å². The molecule has 1 atom stereocenters. The molecule has 2 aromatic rings. The van der Waals surface area contributed by atoms with Gasteiger partial charge in [-0.2, -0.15) is 4.91 Å². The summed E-state index contributed by atoms with van der Waals surface area (Å²) in [5, 5.41) is 3.24. The predicted molar refractivity (Wildman–Crippen MR) is 72.1 cm³/mol. The van der Waals surface area contributed by atoms with Gasteiger partial charge in [-0.05, 0) is 42.8 Å². The summed E-state index contributed by atoms with van der Waals surface area (Å²) in [6, 6.07) is 10.5. The third kappa shape index (κ3) is 3.29. The smallest absolute Gasteiger partial charge is 0.167 e. The second kappa shape index (κ2) is 5.80. The molecule has 0 heterocycles. The van der Waals surface area contributed by atoms with Crippen LogP contribution < -0.4 is 4.74 Å². The quantitative estimate of drug-likeness (QED) is 0.730. The molecule has 5 heteroatoms. The third-order valence-electron chi connectivity index (χ3n) is 2.64. The van der Waals surface area contributed by atoms with Crippen molar-refractivity contribution in [2.45, 2.75) is 13.0 Å². The number of hydrogen-bond donors (Lipinski definition) is 0. The fourth-order valence-corrected chi connectivity index (χ4v) is 1.72. The highest BCUT2D eigenvalue weighted by atomic mass is 35.5. The zero-order valence-electron chi connectivity index (χ0n) is 10.1. The minimum atomic E-state index is -0.528. The van der Waals surface area contributed by atoms with Gasteiger partial charge in [0.25, 0.3) is 0 Å². The average Bonchev–Trinajstić information content (AvgIpc) is 2.42. The van der Waals surface area contributed by atoms with Crippen LogP contribution in [0.3, 0.4) is 0 Å². The van der Waals surface area contributed by atoms with E-state index in [0.29, 0.717) is 10.8 Å². The summed E-state index contributed by atoms with van der Waals surface area (Å²) in [5.41, 5.74) is 0.777. The Morgan fingerprint density at radius 1 is 1.21 bits per heavy atom. The lowest BCUT2D eigenvalue weighted by atomic mass is 10.1. The van der Waals surface area contributed by atoms with E-state index in [1.54, 1.807) is 37.3 Å². The highest BCUT2D eigenvalue weighted by molar-refractivity contribution is 6.30. The van der Waals surface area contributed by atoms with Gasteiger partial charge in [0, 0.05) is 5.02 Å². The van der Waals surface area contributed by atoms with E-state index in [4.69, 9.17) is 16.3 Å².